The Bertz CT molecular complexity index is 1160. The standard InChI is InChI=1S/C25H26N2O4/c1-26(2)11-12-30-17-7-8-23-16(13-17)14-24(31-23)25(29)27-10-9-19-18-5-3-4-6-20(18)22(28)15-21(19)27/h3-8,13,15,24,28H,9-12,14H2,1-2H3. The van der Waals surface area contributed by atoms with Crippen LogP contribution < -0.4 is 14.4 Å². The highest BCUT2D eigenvalue weighted by atomic mass is 16.5. The van der Waals surface area contributed by atoms with Crippen molar-refractivity contribution >= 4 is 22.4 Å². The molecule has 1 N–H and O–H groups in total. The Balaban J connectivity index is 1.34. The van der Waals surface area contributed by atoms with Crippen LogP contribution in [0.5, 0.6) is 17.2 Å². The summed E-state index contributed by atoms with van der Waals surface area (Å²) in [7, 11) is 4.02. The summed E-state index contributed by atoms with van der Waals surface area (Å²) < 4.78 is 11.8. The quantitative estimate of drug-likeness (QED) is 0.688. The minimum atomic E-state index is -0.563. The summed E-state index contributed by atoms with van der Waals surface area (Å²) in [6.07, 6.45) is 0.724. The van der Waals surface area contributed by atoms with Gasteiger partial charge in [0.05, 0.1) is 5.69 Å². The Kier molecular flexibility index (Phi) is 4.94. The number of aromatic hydroxyl groups is 1. The smallest absolute Gasteiger partial charge is 0.268 e. The first-order valence-electron chi connectivity index (χ1n) is 10.6. The van der Waals surface area contributed by atoms with Crippen molar-refractivity contribution in [3.05, 3.63) is 59.7 Å². The molecule has 0 bridgehead atoms. The van der Waals surface area contributed by atoms with Gasteiger partial charge in [-0.15, -0.1) is 0 Å². The number of ether oxygens (including phenoxy) is 2. The monoisotopic (exact) mass is 418 g/mol. The molecule has 6 heteroatoms. The van der Waals surface area contributed by atoms with E-state index in [1.54, 1.807) is 11.0 Å². The zero-order chi connectivity index (χ0) is 21.5. The van der Waals surface area contributed by atoms with Gasteiger partial charge in [0.2, 0.25) is 0 Å². The molecule has 5 rings (SSSR count). The van der Waals surface area contributed by atoms with E-state index in [-0.39, 0.29) is 11.7 Å². The number of carbonyl (C=O) groups excluding carboxylic acids is 1. The molecule has 0 aromatic heterocycles. The van der Waals surface area contributed by atoms with E-state index in [0.717, 1.165) is 52.1 Å². The van der Waals surface area contributed by atoms with Crippen molar-refractivity contribution in [3.63, 3.8) is 0 Å². The summed E-state index contributed by atoms with van der Waals surface area (Å²) in [6.45, 7) is 2.04. The number of amides is 1. The van der Waals surface area contributed by atoms with Gasteiger partial charge in [-0.25, -0.2) is 0 Å². The second-order valence-corrected chi connectivity index (χ2v) is 8.41. The van der Waals surface area contributed by atoms with Crippen LogP contribution in [0.1, 0.15) is 11.1 Å². The predicted molar refractivity (Wildman–Crippen MR) is 120 cm³/mol. The second kappa shape index (κ2) is 7.78. The SMILES string of the molecule is CN(C)CCOc1ccc2c(c1)CC(C(=O)N1CCc3c1cc(O)c1ccccc31)O2. The van der Waals surface area contributed by atoms with Gasteiger partial charge in [-0.05, 0) is 49.7 Å². The minimum Gasteiger partial charge on any atom is -0.507 e. The average molecular weight is 418 g/mol. The topological polar surface area (TPSA) is 62.2 Å². The third-order valence-electron chi connectivity index (χ3n) is 6.04. The highest BCUT2D eigenvalue weighted by Gasteiger charge is 2.36. The Morgan fingerprint density at radius 2 is 2.00 bits per heavy atom. The number of nitrogens with zero attached hydrogens (tertiary/aromatic N) is 2. The number of benzene rings is 3. The van der Waals surface area contributed by atoms with E-state index in [2.05, 4.69) is 4.90 Å². The van der Waals surface area contributed by atoms with E-state index in [1.165, 1.54) is 0 Å². The number of fused-ring (bicyclic) bond motifs is 4. The van der Waals surface area contributed by atoms with Crippen LogP contribution in [0.3, 0.4) is 0 Å². The molecule has 1 unspecified atom stereocenters. The van der Waals surface area contributed by atoms with Crippen LogP contribution in [0, 0.1) is 0 Å². The predicted octanol–water partition coefficient (Wildman–Crippen LogP) is 3.38. The number of hydrogen-bond donors (Lipinski definition) is 1. The van der Waals surface area contributed by atoms with Crippen LogP contribution in [0.15, 0.2) is 48.5 Å². The molecule has 1 atom stereocenters. The van der Waals surface area contributed by atoms with Crippen molar-refractivity contribution in [2.75, 3.05) is 38.7 Å². The van der Waals surface area contributed by atoms with Crippen LogP contribution in [-0.2, 0) is 17.6 Å². The molecule has 0 saturated carbocycles. The summed E-state index contributed by atoms with van der Waals surface area (Å²) in [5.41, 5.74) is 2.88. The fourth-order valence-corrected chi connectivity index (χ4v) is 4.45. The van der Waals surface area contributed by atoms with Crippen molar-refractivity contribution in [3.8, 4) is 17.2 Å². The molecular weight excluding hydrogens is 392 g/mol. The van der Waals surface area contributed by atoms with E-state index in [1.807, 2.05) is 56.6 Å². The normalized spacial score (nSPS) is 17.0. The third kappa shape index (κ3) is 3.57. The van der Waals surface area contributed by atoms with Crippen molar-refractivity contribution in [1.82, 2.24) is 4.90 Å². The van der Waals surface area contributed by atoms with Gasteiger partial charge in [-0.2, -0.15) is 0 Å². The maximum absolute atomic E-state index is 13.3. The van der Waals surface area contributed by atoms with Gasteiger partial charge in [-0.1, -0.05) is 24.3 Å². The number of phenolic OH excluding ortho intramolecular Hbond substituents is 1. The lowest BCUT2D eigenvalue weighted by Crippen LogP contribution is -2.40. The van der Waals surface area contributed by atoms with E-state index in [4.69, 9.17) is 9.47 Å². The number of carbonyl (C=O) groups is 1. The Morgan fingerprint density at radius 3 is 2.81 bits per heavy atom. The molecule has 1 amide bonds. The molecule has 3 aromatic carbocycles. The van der Waals surface area contributed by atoms with Crippen molar-refractivity contribution < 1.29 is 19.4 Å². The van der Waals surface area contributed by atoms with Crippen LogP contribution in [0.25, 0.3) is 10.8 Å². The average Bonchev–Trinajstić information content (AvgIpc) is 3.37. The molecule has 0 aliphatic carbocycles. The third-order valence-corrected chi connectivity index (χ3v) is 6.04. The number of likely N-dealkylation sites (N-methyl/N-ethyl adjacent to an activating group) is 1. The van der Waals surface area contributed by atoms with Gasteiger partial charge < -0.3 is 24.4 Å². The minimum absolute atomic E-state index is 0.0697. The Hall–Kier alpha value is -3.25. The fourth-order valence-electron chi connectivity index (χ4n) is 4.45. The summed E-state index contributed by atoms with van der Waals surface area (Å²) in [4.78, 5) is 17.2. The summed E-state index contributed by atoms with van der Waals surface area (Å²) >= 11 is 0. The molecule has 2 aliphatic rings. The number of anilines is 1. The maximum Gasteiger partial charge on any atom is 0.268 e. The first-order chi connectivity index (χ1) is 15.0. The van der Waals surface area contributed by atoms with Gasteiger partial charge in [0, 0.05) is 36.5 Å². The van der Waals surface area contributed by atoms with Crippen molar-refractivity contribution in [1.29, 1.82) is 0 Å². The number of hydrogen-bond acceptors (Lipinski definition) is 5. The first kappa shape index (κ1) is 19.7. The lowest BCUT2D eigenvalue weighted by molar-refractivity contribution is -0.124. The molecule has 3 aromatic rings. The Morgan fingerprint density at radius 1 is 1.19 bits per heavy atom. The first-order valence-corrected chi connectivity index (χ1v) is 10.6. The fraction of sp³-hybridized carbons (Fsp3) is 0.320. The van der Waals surface area contributed by atoms with Crippen molar-refractivity contribution in [2.45, 2.75) is 18.9 Å². The highest BCUT2D eigenvalue weighted by Crippen LogP contribution is 2.41. The molecule has 0 spiro atoms. The molecule has 2 heterocycles. The number of rotatable bonds is 5. The highest BCUT2D eigenvalue weighted by molar-refractivity contribution is 6.04. The molecule has 31 heavy (non-hydrogen) atoms. The summed E-state index contributed by atoms with van der Waals surface area (Å²) in [5.74, 6) is 1.66. The van der Waals surface area contributed by atoms with Gasteiger partial charge in [-0.3, -0.25) is 4.79 Å². The largest absolute Gasteiger partial charge is 0.507 e. The van der Waals surface area contributed by atoms with Crippen LogP contribution >= 0.6 is 0 Å². The zero-order valence-electron chi connectivity index (χ0n) is 17.8. The molecule has 0 radical (unpaired) electrons. The molecule has 160 valence electrons. The Labute approximate surface area is 181 Å². The van der Waals surface area contributed by atoms with Crippen LogP contribution in [-0.4, -0.2) is 55.8 Å². The second-order valence-electron chi connectivity index (χ2n) is 8.41. The molecule has 0 fully saturated rings. The van der Waals surface area contributed by atoms with Crippen LogP contribution in [0.4, 0.5) is 5.69 Å². The maximum atomic E-state index is 13.3. The summed E-state index contributed by atoms with van der Waals surface area (Å²) in [5, 5.41) is 12.3. The van der Waals surface area contributed by atoms with E-state index in [0.29, 0.717) is 19.6 Å². The summed E-state index contributed by atoms with van der Waals surface area (Å²) in [6, 6.07) is 15.2. The van der Waals surface area contributed by atoms with Gasteiger partial charge >= 0.3 is 0 Å². The van der Waals surface area contributed by atoms with E-state index >= 15 is 0 Å². The van der Waals surface area contributed by atoms with Crippen LogP contribution in [0.2, 0.25) is 0 Å². The lowest BCUT2D eigenvalue weighted by Gasteiger charge is -2.21. The molecular formula is C25H26N2O4. The van der Waals surface area contributed by atoms with Gasteiger partial charge in [0.25, 0.3) is 5.91 Å². The number of phenols is 1. The lowest BCUT2D eigenvalue weighted by atomic mass is 10.0. The van der Waals surface area contributed by atoms with E-state index < -0.39 is 6.10 Å². The zero-order valence-corrected chi connectivity index (χ0v) is 17.8. The molecule has 6 nitrogen and oxygen atoms in total. The van der Waals surface area contributed by atoms with Crippen molar-refractivity contribution in [2.24, 2.45) is 0 Å². The van der Waals surface area contributed by atoms with E-state index in [9.17, 15) is 9.90 Å². The van der Waals surface area contributed by atoms with Gasteiger partial charge in [0.15, 0.2) is 6.10 Å². The molecule has 2 aliphatic heterocycles. The molecule has 0 saturated heterocycles. The van der Waals surface area contributed by atoms with Gasteiger partial charge in [0.1, 0.15) is 23.9 Å².